The predicted molar refractivity (Wildman–Crippen MR) is 58.2 cm³/mol. The van der Waals surface area contributed by atoms with Gasteiger partial charge in [-0.25, -0.2) is 0 Å². The third kappa shape index (κ3) is 3.52. The Morgan fingerprint density at radius 2 is 2.36 bits per heavy atom. The Labute approximate surface area is 86.1 Å². The minimum Gasteiger partial charge on any atom is -0.385 e. The average Bonchev–Trinajstić information content (AvgIpc) is 2.58. The van der Waals surface area contributed by atoms with Crippen LogP contribution in [-0.4, -0.2) is 24.3 Å². The number of nitrogens with one attached hydrogen (secondary N) is 1. The van der Waals surface area contributed by atoms with E-state index < -0.39 is 0 Å². The fourth-order valence-corrected chi connectivity index (χ4v) is 1.36. The maximum Gasteiger partial charge on any atom is 0.0476 e. The zero-order valence-corrected chi connectivity index (χ0v) is 9.29. The van der Waals surface area contributed by atoms with Gasteiger partial charge in [0.1, 0.15) is 0 Å². The van der Waals surface area contributed by atoms with Gasteiger partial charge < -0.3 is 14.6 Å². The molecule has 1 rings (SSSR count). The van der Waals surface area contributed by atoms with Crippen LogP contribution in [0.3, 0.4) is 0 Å². The Hall–Kier alpha value is -0.800. The zero-order chi connectivity index (χ0) is 10.4. The van der Waals surface area contributed by atoms with Crippen LogP contribution in [0.15, 0.2) is 18.3 Å². The summed E-state index contributed by atoms with van der Waals surface area (Å²) in [5.41, 5.74) is 1.31. The standard InChI is InChI=1S/C11H20N2O/c1-10(6-8-14-3)12-9-11-5-4-7-13(11)2/h4-5,7,10,12H,6,8-9H2,1-3H3. The first kappa shape index (κ1) is 11.3. The largest absolute Gasteiger partial charge is 0.385 e. The fourth-order valence-electron chi connectivity index (χ4n) is 1.36. The van der Waals surface area contributed by atoms with Crippen LogP contribution in [0.5, 0.6) is 0 Å². The van der Waals surface area contributed by atoms with Crippen LogP contribution < -0.4 is 5.32 Å². The van der Waals surface area contributed by atoms with Gasteiger partial charge in [-0.3, -0.25) is 0 Å². The van der Waals surface area contributed by atoms with Gasteiger partial charge in [-0.15, -0.1) is 0 Å². The number of ether oxygens (including phenoxy) is 1. The van der Waals surface area contributed by atoms with E-state index in [1.807, 2.05) is 0 Å². The Bertz CT molecular complexity index is 258. The summed E-state index contributed by atoms with van der Waals surface area (Å²) in [7, 11) is 3.81. The van der Waals surface area contributed by atoms with Crippen LogP contribution in [0.4, 0.5) is 0 Å². The second-order valence-corrected chi connectivity index (χ2v) is 3.67. The maximum atomic E-state index is 5.03. The molecule has 1 atom stereocenters. The van der Waals surface area contributed by atoms with Crippen molar-refractivity contribution in [2.24, 2.45) is 7.05 Å². The van der Waals surface area contributed by atoms with Crippen molar-refractivity contribution in [3.8, 4) is 0 Å². The molecule has 14 heavy (non-hydrogen) atoms. The van der Waals surface area contributed by atoms with Gasteiger partial charge in [0.2, 0.25) is 0 Å². The topological polar surface area (TPSA) is 26.2 Å². The highest BCUT2D eigenvalue weighted by molar-refractivity contribution is 5.06. The van der Waals surface area contributed by atoms with Crippen LogP contribution in [0, 0.1) is 0 Å². The molecule has 0 fully saturated rings. The van der Waals surface area contributed by atoms with Gasteiger partial charge in [-0.05, 0) is 25.5 Å². The molecule has 0 aliphatic rings. The lowest BCUT2D eigenvalue weighted by Crippen LogP contribution is -2.27. The summed E-state index contributed by atoms with van der Waals surface area (Å²) >= 11 is 0. The lowest BCUT2D eigenvalue weighted by atomic mass is 10.2. The Kier molecular flexibility index (Phi) is 4.70. The van der Waals surface area contributed by atoms with Crippen molar-refractivity contribution < 1.29 is 4.74 Å². The van der Waals surface area contributed by atoms with E-state index in [1.165, 1.54) is 5.69 Å². The van der Waals surface area contributed by atoms with Gasteiger partial charge in [0.05, 0.1) is 0 Å². The van der Waals surface area contributed by atoms with Crippen LogP contribution in [0.2, 0.25) is 0 Å². The Balaban J connectivity index is 2.23. The van der Waals surface area contributed by atoms with Crippen molar-refractivity contribution >= 4 is 0 Å². The summed E-state index contributed by atoms with van der Waals surface area (Å²) in [5.74, 6) is 0. The number of hydrogen-bond donors (Lipinski definition) is 1. The normalized spacial score (nSPS) is 13.1. The van der Waals surface area contributed by atoms with Gasteiger partial charge in [0, 0.05) is 45.2 Å². The molecule has 1 heterocycles. The van der Waals surface area contributed by atoms with Crippen LogP contribution in [0.1, 0.15) is 19.0 Å². The first-order valence-corrected chi connectivity index (χ1v) is 5.06. The molecule has 0 amide bonds. The molecule has 1 aromatic rings. The first-order chi connectivity index (χ1) is 6.74. The quantitative estimate of drug-likeness (QED) is 0.747. The number of nitrogens with zero attached hydrogens (tertiary/aromatic N) is 1. The Morgan fingerprint density at radius 1 is 1.57 bits per heavy atom. The van der Waals surface area contributed by atoms with Crippen LogP contribution in [0.25, 0.3) is 0 Å². The second kappa shape index (κ2) is 5.83. The number of methoxy groups -OCH3 is 1. The smallest absolute Gasteiger partial charge is 0.0476 e. The molecule has 0 spiro atoms. The molecule has 1 aromatic heterocycles. The van der Waals surface area contributed by atoms with Crippen molar-refractivity contribution in [1.82, 2.24) is 9.88 Å². The van der Waals surface area contributed by atoms with Gasteiger partial charge >= 0.3 is 0 Å². The summed E-state index contributed by atoms with van der Waals surface area (Å²) in [4.78, 5) is 0. The van der Waals surface area contributed by atoms with Gasteiger partial charge in [0.25, 0.3) is 0 Å². The predicted octanol–water partition coefficient (Wildman–Crippen LogP) is 1.54. The maximum absolute atomic E-state index is 5.03. The van der Waals surface area contributed by atoms with Crippen molar-refractivity contribution in [2.45, 2.75) is 25.9 Å². The van der Waals surface area contributed by atoms with E-state index in [4.69, 9.17) is 4.74 Å². The lowest BCUT2D eigenvalue weighted by molar-refractivity contribution is 0.184. The molecule has 0 aliphatic carbocycles. The summed E-state index contributed by atoms with van der Waals surface area (Å²) in [6, 6.07) is 4.71. The molecule has 3 nitrogen and oxygen atoms in total. The van der Waals surface area contributed by atoms with Crippen molar-refractivity contribution in [3.63, 3.8) is 0 Å². The molecule has 0 saturated carbocycles. The highest BCUT2D eigenvalue weighted by atomic mass is 16.5. The monoisotopic (exact) mass is 196 g/mol. The van der Waals surface area contributed by atoms with Crippen LogP contribution >= 0.6 is 0 Å². The number of aromatic nitrogens is 1. The van der Waals surface area contributed by atoms with E-state index in [-0.39, 0.29) is 0 Å². The molecule has 0 saturated heterocycles. The van der Waals surface area contributed by atoms with E-state index in [2.05, 4.69) is 42.2 Å². The summed E-state index contributed by atoms with van der Waals surface area (Å²) in [6.45, 7) is 3.93. The van der Waals surface area contributed by atoms with E-state index >= 15 is 0 Å². The molecule has 0 aromatic carbocycles. The van der Waals surface area contributed by atoms with Crippen molar-refractivity contribution in [1.29, 1.82) is 0 Å². The van der Waals surface area contributed by atoms with Crippen molar-refractivity contribution in [2.75, 3.05) is 13.7 Å². The van der Waals surface area contributed by atoms with E-state index in [0.29, 0.717) is 6.04 Å². The molecule has 1 N–H and O–H groups in total. The number of rotatable bonds is 6. The molecule has 0 radical (unpaired) electrons. The van der Waals surface area contributed by atoms with E-state index in [0.717, 1.165) is 19.6 Å². The molecule has 3 heteroatoms. The first-order valence-electron chi connectivity index (χ1n) is 5.06. The zero-order valence-electron chi connectivity index (χ0n) is 9.29. The second-order valence-electron chi connectivity index (χ2n) is 3.67. The molecule has 1 unspecified atom stereocenters. The van der Waals surface area contributed by atoms with E-state index in [1.54, 1.807) is 7.11 Å². The molecule has 0 aliphatic heterocycles. The fraction of sp³-hybridized carbons (Fsp3) is 0.636. The molecular weight excluding hydrogens is 176 g/mol. The molecule has 0 bridgehead atoms. The minimum absolute atomic E-state index is 0.504. The minimum atomic E-state index is 0.504. The summed E-state index contributed by atoms with van der Waals surface area (Å²) in [6.07, 6.45) is 3.12. The average molecular weight is 196 g/mol. The van der Waals surface area contributed by atoms with Crippen molar-refractivity contribution in [3.05, 3.63) is 24.0 Å². The summed E-state index contributed by atoms with van der Waals surface area (Å²) < 4.78 is 7.16. The van der Waals surface area contributed by atoms with Crippen LogP contribution in [-0.2, 0) is 18.3 Å². The van der Waals surface area contributed by atoms with Gasteiger partial charge in [-0.1, -0.05) is 0 Å². The highest BCUT2D eigenvalue weighted by Gasteiger charge is 2.02. The highest BCUT2D eigenvalue weighted by Crippen LogP contribution is 2.00. The number of aryl methyl sites for hydroxylation is 1. The van der Waals surface area contributed by atoms with Gasteiger partial charge in [-0.2, -0.15) is 0 Å². The molecule has 80 valence electrons. The Morgan fingerprint density at radius 3 is 2.93 bits per heavy atom. The third-order valence-corrected chi connectivity index (χ3v) is 2.44. The lowest BCUT2D eigenvalue weighted by Gasteiger charge is -2.13. The SMILES string of the molecule is COCCC(C)NCc1cccn1C. The van der Waals surface area contributed by atoms with E-state index in [9.17, 15) is 0 Å². The van der Waals surface area contributed by atoms with Gasteiger partial charge in [0.15, 0.2) is 0 Å². The number of hydrogen-bond acceptors (Lipinski definition) is 2. The molecular formula is C11H20N2O. The summed E-state index contributed by atoms with van der Waals surface area (Å²) in [5, 5.41) is 3.46. The third-order valence-electron chi connectivity index (χ3n) is 2.44.